The topological polar surface area (TPSA) is 55.4 Å². The molecule has 2 aromatic carbocycles. The van der Waals surface area contributed by atoms with Crippen LogP contribution in [0.4, 0.5) is 0 Å². The maximum atomic E-state index is 12.4. The number of ether oxygens (including phenoxy) is 1. The molecule has 2 rings (SSSR count). The number of rotatable bonds is 6. The molecule has 0 saturated heterocycles. The monoisotopic (exact) mass is 407 g/mol. The lowest BCUT2D eigenvalue weighted by molar-refractivity contribution is 0.414. The molecular formula is C16H16Cl3NO3S. The first-order valence-electron chi connectivity index (χ1n) is 6.96. The van der Waals surface area contributed by atoms with Gasteiger partial charge in [-0.25, -0.2) is 13.1 Å². The molecule has 1 N–H and O–H groups in total. The number of methoxy groups -OCH3 is 1. The van der Waals surface area contributed by atoms with Crippen LogP contribution in [0.2, 0.25) is 0 Å². The fraction of sp³-hybridized carbons (Fsp3) is 0.250. The molecule has 0 aromatic heterocycles. The van der Waals surface area contributed by atoms with Crippen LogP contribution in [0.25, 0.3) is 0 Å². The van der Waals surface area contributed by atoms with Gasteiger partial charge in [-0.15, -0.1) is 0 Å². The number of benzene rings is 2. The molecule has 2 aromatic rings. The SMILES string of the molecule is COc1ccc(C(NS(=O)(=O)Cc2ccccc2)C(Cl)(Cl)Cl)cc1. The highest BCUT2D eigenvalue weighted by Gasteiger charge is 2.37. The van der Waals surface area contributed by atoms with Crippen LogP contribution in [0.15, 0.2) is 54.6 Å². The standard InChI is InChI=1S/C16H16Cl3NO3S/c1-23-14-9-7-13(8-10-14)15(16(17,18)19)20-24(21,22)11-12-5-3-2-4-6-12/h2-10,15,20H,11H2,1H3. The summed E-state index contributed by atoms with van der Waals surface area (Å²) in [6, 6.07) is 14.4. The Morgan fingerprint density at radius 2 is 1.62 bits per heavy atom. The highest BCUT2D eigenvalue weighted by Crippen LogP contribution is 2.40. The minimum Gasteiger partial charge on any atom is -0.497 e. The Bertz CT molecular complexity index is 759. The minimum atomic E-state index is -3.72. The van der Waals surface area contributed by atoms with E-state index in [9.17, 15) is 8.42 Å². The molecule has 130 valence electrons. The summed E-state index contributed by atoms with van der Waals surface area (Å²) in [5.41, 5.74) is 1.16. The third kappa shape index (κ3) is 5.53. The zero-order valence-corrected chi connectivity index (χ0v) is 15.8. The molecule has 0 aliphatic heterocycles. The Hall–Kier alpha value is -0.980. The molecule has 1 unspecified atom stereocenters. The van der Waals surface area contributed by atoms with Crippen molar-refractivity contribution in [1.82, 2.24) is 4.72 Å². The van der Waals surface area contributed by atoms with E-state index in [-0.39, 0.29) is 5.75 Å². The summed E-state index contributed by atoms with van der Waals surface area (Å²) in [5, 5.41) is 0. The zero-order valence-electron chi connectivity index (χ0n) is 12.7. The third-order valence-corrected chi connectivity index (χ3v) is 5.24. The number of halogens is 3. The molecule has 0 heterocycles. The van der Waals surface area contributed by atoms with E-state index in [1.165, 1.54) is 7.11 Å². The third-order valence-electron chi connectivity index (χ3n) is 3.27. The van der Waals surface area contributed by atoms with E-state index in [1.54, 1.807) is 48.5 Å². The molecule has 0 fully saturated rings. The molecule has 8 heteroatoms. The van der Waals surface area contributed by atoms with Crippen molar-refractivity contribution in [3.63, 3.8) is 0 Å². The van der Waals surface area contributed by atoms with Crippen LogP contribution in [0.1, 0.15) is 17.2 Å². The van der Waals surface area contributed by atoms with Crippen molar-refractivity contribution in [2.75, 3.05) is 7.11 Å². The molecule has 0 aliphatic rings. The van der Waals surface area contributed by atoms with E-state index in [1.807, 2.05) is 6.07 Å². The van der Waals surface area contributed by atoms with Crippen LogP contribution < -0.4 is 9.46 Å². The maximum absolute atomic E-state index is 12.4. The summed E-state index contributed by atoms with van der Waals surface area (Å²) in [7, 11) is -2.18. The second-order valence-corrected chi connectivity index (χ2v) is 9.23. The summed E-state index contributed by atoms with van der Waals surface area (Å²) in [6.07, 6.45) is 0. The molecule has 0 spiro atoms. The van der Waals surface area contributed by atoms with Crippen molar-refractivity contribution >= 4 is 44.8 Å². The van der Waals surface area contributed by atoms with Crippen molar-refractivity contribution in [3.8, 4) is 5.75 Å². The smallest absolute Gasteiger partial charge is 0.216 e. The molecule has 0 radical (unpaired) electrons. The van der Waals surface area contributed by atoms with Gasteiger partial charge in [0.25, 0.3) is 0 Å². The van der Waals surface area contributed by atoms with Crippen molar-refractivity contribution < 1.29 is 13.2 Å². The molecular weight excluding hydrogens is 393 g/mol. The lowest BCUT2D eigenvalue weighted by Crippen LogP contribution is -2.37. The van der Waals surface area contributed by atoms with Gasteiger partial charge in [0.2, 0.25) is 13.8 Å². The van der Waals surface area contributed by atoms with Gasteiger partial charge in [-0.05, 0) is 23.3 Å². The zero-order chi connectivity index (χ0) is 17.8. The summed E-state index contributed by atoms with van der Waals surface area (Å²) in [6.45, 7) is 0. The van der Waals surface area contributed by atoms with E-state index in [0.29, 0.717) is 16.9 Å². The van der Waals surface area contributed by atoms with E-state index in [2.05, 4.69) is 4.72 Å². The first-order valence-corrected chi connectivity index (χ1v) is 9.74. The van der Waals surface area contributed by atoms with Gasteiger partial charge in [0, 0.05) is 0 Å². The molecule has 1 atom stereocenters. The van der Waals surface area contributed by atoms with Gasteiger partial charge in [-0.1, -0.05) is 77.3 Å². The van der Waals surface area contributed by atoms with Crippen molar-refractivity contribution in [2.45, 2.75) is 15.6 Å². The Labute approximate surface area is 156 Å². The number of hydrogen-bond donors (Lipinski definition) is 1. The summed E-state index contributed by atoms with van der Waals surface area (Å²) in [4.78, 5) is 0. The quantitative estimate of drug-likeness (QED) is 0.728. The minimum absolute atomic E-state index is 0.207. The lowest BCUT2D eigenvalue weighted by Gasteiger charge is -2.26. The number of nitrogens with one attached hydrogen (secondary N) is 1. The van der Waals surface area contributed by atoms with Gasteiger partial charge in [0.05, 0.1) is 18.9 Å². The van der Waals surface area contributed by atoms with Crippen molar-refractivity contribution in [1.29, 1.82) is 0 Å². The van der Waals surface area contributed by atoms with Gasteiger partial charge < -0.3 is 4.74 Å². The van der Waals surface area contributed by atoms with Crippen LogP contribution in [0.3, 0.4) is 0 Å². The second kappa shape index (κ2) is 7.93. The summed E-state index contributed by atoms with van der Waals surface area (Å²) >= 11 is 18.0. The van der Waals surface area contributed by atoms with Crippen molar-refractivity contribution in [3.05, 3.63) is 65.7 Å². The Morgan fingerprint density at radius 3 is 2.12 bits per heavy atom. The number of hydrogen-bond acceptors (Lipinski definition) is 3. The normalized spacial score (nSPS) is 13.5. The maximum Gasteiger partial charge on any atom is 0.216 e. The predicted octanol–water partition coefficient (Wildman–Crippen LogP) is 4.23. The average molecular weight is 409 g/mol. The van der Waals surface area contributed by atoms with E-state index in [4.69, 9.17) is 39.5 Å². The Kier molecular flexibility index (Phi) is 6.39. The fourth-order valence-electron chi connectivity index (χ4n) is 2.14. The van der Waals surface area contributed by atoms with Gasteiger partial charge >= 0.3 is 0 Å². The highest BCUT2D eigenvalue weighted by atomic mass is 35.6. The molecule has 0 bridgehead atoms. The Morgan fingerprint density at radius 1 is 1.04 bits per heavy atom. The number of alkyl halides is 3. The van der Waals surface area contributed by atoms with Crippen LogP contribution in [0.5, 0.6) is 5.75 Å². The molecule has 0 amide bonds. The van der Waals surface area contributed by atoms with E-state index < -0.39 is 19.9 Å². The summed E-state index contributed by atoms with van der Waals surface area (Å²) in [5.74, 6) is 0.412. The first-order chi connectivity index (χ1) is 11.2. The lowest BCUT2D eigenvalue weighted by atomic mass is 10.1. The van der Waals surface area contributed by atoms with Crippen LogP contribution >= 0.6 is 34.8 Å². The van der Waals surface area contributed by atoms with Crippen molar-refractivity contribution in [2.24, 2.45) is 0 Å². The average Bonchev–Trinajstić information content (AvgIpc) is 2.52. The fourth-order valence-corrected chi connectivity index (χ4v) is 4.26. The molecule has 4 nitrogen and oxygen atoms in total. The Balaban J connectivity index is 2.25. The largest absolute Gasteiger partial charge is 0.497 e. The van der Waals surface area contributed by atoms with E-state index in [0.717, 1.165) is 0 Å². The number of sulfonamides is 1. The first kappa shape index (κ1) is 19.3. The highest BCUT2D eigenvalue weighted by molar-refractivity contribution is 7.88. The van der Waals surface area contributed by atoms with Gasteiger partial charge in [0.15, 0.2) is 0 Å². The predicted molar refractivity (Wildman–Crippen MR) is 98.2 cm³/mol. The van der Waals surface area contributed by atoms with E-state index >= 15 is 0 Å². The van der Waals surface area contributed by atoms with Gasteiger partial charge in [0.1, 0.15) is 5.75 Å². The molecule has 0 aliphatic carbocycles. The molecule has 0 saturated carbocycles. The van der Waals surface area contributed by atoms with Crippen LogP contribution in [-0.2, 0) is 15.8 Å². The van der Waals surface area contributed by atoms with Gasteiger partial charge in [-0.2, -0.15) is 0 Å². The van der Waals surface area contributed by atoms with Crippen LogP contribution in [-0.4, -0.2) is 19.3 Å². The second-order valence-electron chi connectivity index (χ2n) is 5.11. The van der Waals surface area contributed by atoms with Gasteiger partial charge in [-0.3, -0.25) is 0 Å². The summed E-state index contributed by atoms with van der Waals surface area (Å²) < 4.78 is 30.6. The van der Waals surface area contributed by atoms with Crippen LogP contribution in [0, 0.1) is 0 Å². The molecule has 24 heavy (non-hydrogen) atoms.